The number of H-pyrrole nitrogens is 1. The summed E-state index contributed by atoms with van der Waals surface area (Å²) in [7, 11) is 0. The summed E-state index contributed by atoms with van der Waals surface area (Å²) in [4.78, 5) is 22.8. The van der Waals surface area contributed by atoms with E-state index in [0.717, 1.165) is 12.1 Å². The predicted octanol–water partition coefficient (Wildman–Crippen LogP) is 1.56. The van der Waals surface area contributed by atoms with E-state index < -0.39 is 0 Å². The Hall–Kier alpha value is -1.98. The van der Waals surface area contributed by atoms with Crippen LogP contribution in [0.2, 0.25) is 0 Å². The van der Waals surface area contributed by atoms with E-state index in [9.17, 15) is 4.79 Å². The molecule has 2 aromatic rings. The first-order valence-electron chi connectivity index (χ1n) is 6.51. The molecular weight excluding hydrogens is 242 g/mol. The second kappa shape index (κ2) is 5.34. The number of aromatic nitrogens is 5. The van der Waals surface area contributed by atoms with Crippen LogP contribution in [0.5, 0.6) is 0 Å². The monoisotopic (exact) mass is 261 g/mol. The SMILES string of the molecule is CCn1nc(C)nc1-c1cc(CC(C)C)[nH]c(=O)n1. The first-order chi connectivity index (χ1) is 8.99. The average molecular weight is 261 g/mol. The summed E-state index contributed by atoms with van der Waals surface area (Å²) in [5.41, 5.74) is 1.13. The topological polar surface area (TPSA) is 76.5 Å². The van der Waals surface area contributed by atoms with Crippen LogP contribution in [-0.4, -0.2) is 24.7 Å². The van der Waals surface area contributed by atoms with Crippen LogP contribution in [0.25, 0.3) is 11.5 Å². The quantitative estimate of drug-likeness (QED) is 0.906. The average Bonchev–Trinajstić information content (AvgIpc) is 2.68. The van der Waals surface area contributed by atoms with Crippen molar-refractivity contribution in [2.45, 2.75) is 40.7 Å². The van der Waals surface area contributed by atoms with E-state index in [0.29, 0.717) is 29.8 Å². The minimum atomic E-state index is -0.337. The first-order valence-corrected chi connectivity index (χ1v) is 6.51. The van der Waals surface area contributed by atoms with Crippen LogP contribution >= 0.6 is 0 Å². The summed E-state index contributed by atoms with van der Waals surface area (Å²) in [5, 5.41) is 4.28. The third kappa shape index (κ3) is 3.07. The number of nitrogens with one attached hydrogen (secondary N) is 1. The minimum Gasteiger partial charge on any atom is -0.310 e. The van der Waals surface area contributed by atoms with Crippen LogP contribution in [0.15, 0.2) is 10.9 Å². The maximum Gasteiger partial charge on any atom is 0.345 e. The van der Waals surface area contributed by atoms with Gasteiger partial charge in [-0.2, -0.15) is 10.1 Å². The molecule has 2 heterocycles. The number of hydrogen-bond acceptors (Lipinski definition) is 4. The van der Waals surface area contributed by atoms with Gasteiger partial charge >= 0.3 is 5.69 Å². The molecule has 0 radical (unpaired) electrons. The van der Waals surface area contributed by atoms with E-state index in [4.69, 9.17) is 0 Å². The number of nitrogens with zero attached hydrogens (tertiary/aromatic N) is 4. The molecule has 1 N–H and O–H groups in total. The van der Waals surface area contributed by atoms with Crippen molar-refractivity contribution in [1.82, 2.24) is 24.7 Å². The smallest absolute Gasteiger partial charge is 0.310 e. The lowest BCUT2D eigenvalue weighted by Gasteiger charge is -2.06. The Labute approximate surface area is 111 Å². The fraction of sp³-hybridized carbons (Fsp3) is 0.538. The van der Waals surface area contributed by atoms with Crippen molar-refractivity contribution in [3.8, 4) is 11.5 Å². The maximum absolute atomic E-state index is 11.6. The van der Waals surface area contributed by atoms with Crippen LogP contribution in [-0.2, 0) is 13.0 Å². The summed E-state index contributed by atoms with van der Waals surface area (Å²) < 4.78 is 1.76. The van der Waals surface area contributed by atoms with Crippen molar-refractivity contribution < 1.29 is 0 Å². The van der Waals surface area contributed by atoms with Gasteiger partial charge in [-0.05, 0) is 32.3 Å². The molecule has 0 bridgehead atoms. The molecule has 0 aromatic carbocycles. The lowest BCUT2D eigenvalue weighted by molar-refractivity contribution is 0.630. The summed E-state index contributed by atoms with van der Waals surface area (Å²) in [6, 6.07) is 1.89. The van der Waals surface area contributed by atoms with Crippen LogP contribution in [0.4, 0.5) is 0 Å². The van der Waals surface area contributed by atoms with E-state index in [1.165, 1.54) is 0 Å². The van der Waals surface area contributed by atoms with Crippen LogP contribution < -0.4 is 5.69 Å². The van der Waals surface area contributed by atoms with Crippen molar-refractivity contribution in [3.05, 3.63) is 28.1 Å². The second-order valence-electron chi connectivity index (χ2n) is 4.99. The van der Waals surface area contributed by atoms with Gasteiger partial charge < -0.3 is 4.98 Å². The molecule has 102 valence electrons. The number of hydrogen-bond donors (Lipinski definition) is 1. The molecule has 0 aliphatic heterocycles. The molecule has 6 heteroatoms. The third-order valence-electron chi connectivity index (χ3n) is 2.73. The van der Waals surface area contributed by atoms with Gasteiger partial charge in [0.1, 0.15) is 11.5 Å². The Morgan fingerprint density at radius 2 is 2.11 bits per heavy atom. The first kappa shape index (κ1) is 13.5. The van der Waals surface area contributed by atoms with Gasteiger partial charge in [0.25, 0.3) is 0 Å². The molecule has 0 aliphatic rings. The Morgan fingerprint density at radius 1 is 1.37 bits per heavy atom. The largest absolute Gasteiger partial charge is 0.345 e. The highest BCUT2D eigenvalue weighted by atomic mass is 16.1. The molecule has 0 fully saturated rings. The zero-order chi connectivity index (χ0) is 14.0. The van der Waals surface area contributed by atoms with Crippen molar-refractivity contribution in [3.63, 3.8) is 0 Å². The van der Waals surface area contributed by atoms with Crippen LogP contribution in [0.3, 0.4) is 0 Å². The van der Waals surface area contributed by atoms with Crippen molar-refractivity contribution >= 4 is 0 Å². The summed E-state index contributed by atoms with van der Waals surface area (Å²) in [6.45, 7) is 8.73. The summed E-state index contributed by atoms with van der Waals surface area (Å²) >= 11 is 0. The number of aromatic amines is 1. The minimum absolute atomic E-state index is 0.337. The maximum atomic E-state index is 11.6. The molecule has 0 unspecified atom stereocenters. The molecule has 0 saturated heterocycles. The zero-order valence-electron chi connectivity index (χ0n) is 11.8. The number of rotatable bonds is 4. The molecule has 0 amide bonds. The molecular formula is C13H19N5O. The van der Waals surface area contributed by atoms with Crippen LogP contribution in [0.1, 0.15) is 32.3 Å². The zero-order valence-corrected chi connectivity index (χ0v) is 11.8. The fourth-order valence-electron chi connectivity index (χ4n) is 2.04. The van der Waals surface area contributed by atoms with E-state index in [-0.39, 0.29) is 5.69 Å². The molecule has 2 aromatic heterocycles. The van der Waals surface area contributed by atoms with E-state index in [2.05, 4.69) is 33.9 Å². The Morgan fingerprint density at radius 3 is 2.74 bits per heavy atom. The van der Waals surface area contributed by atoms with E-state index in [1.54, 1.807) is 4.68 Å². The molecule has 19 heavy (non-hydrogen) atoms. The highest BCUT2D eigenvalue weighted by molar-refractivity contribution is 5.49. The molecule has 2 rings (SSSR count). The van der Waals surface area contributed by atoms with Gasteiger partial charge in [-0.25, -0.2) is 14.5 Å². The van der Waals surface area contributed by atoms with Gasteiger partial charge in [0.05, 0.1) is 0 Å². The Bertz CT molecular complexity index is 626. The van der Waals surface area contributed by atoms with Crippen molar-refractivity contribution in [2.75, 3.05) is 0 Å². The highest BCUT2D eigenvalue weighted by Crippen LogP contribution is 2.15. The van der Waals surface area contributed by atoms with Gasteiger partial charge in [-0.1, -0.05) is 13.8 Å². The van der Waals surface area contributed by atoms with Gasteiger partial charge in [0.2, 0.25) is 0 Å². The van der Waals surface area contributed by atoms with E-state index >= 15 is 0 Å². The van der Waals surface area contributed by atoms with Gasteiger partial charge in [-0.3, -0.25) is 0 Å². The third-order valence-corrected chi connectivity index (χ3v) is 2.73. The van der Waals surface area contributed by atoms with Gasteiger partial charge in [0, 0.05) is 12.2 Å². The van der Waals surface area contributed by atoms with E-state index in [1.807, 2.05) is 19.9 Å². The Kier molecular flexibility index (Phi) is 3.78. The van der Waals surface area contributed by atoms with Crippen molar-refractivity contribution in [2.24, 2.45) is 5.92 Å². The standard InChI is InChI=1S/C13H19N5O/c1-5-18-12(14-9(4)17-18)11-7-10(6-8(2)3)15-13(19)16-11/h7-8H,5-6H2,1-4H3,(H,15,16,19). The van der Waals surface area contributed by atoms with Crippen molar-refractivity contribution in [1.29, 1.82) is 0 Å². The van der Waals surface area contributed by atoms with Crippen LogP contribution in [0, 0.1) is 12.8 Å². The predicted molar refractivity (Wildman–Crippen MR) is 72.8 cm³/mol. The molecule has 0 atom stereocenters. The second-order valence-corrected chi connectivity index (χ2v) is 4.99. The number of aryl methyl sites for hydroxylation is 2. The summed E-state index contributed by atoms with van der Waals surface area (Å²) in [5.74, 6) is 1.80. The van der Waals surface area contributed by atoms with Gasteiger partial charge in [0.15, 0.2) is 5.82 Å². The Balaban J connectivity index is 2.49. The highest BCUT2D eigenvalue weighted by Gasteiger charge is 2.12. The molecule has 0 saturated carbocycles. The molecule has 0 aliphatic carbocycles. The van der Waals surface area contributed by atoms with Gasteiger partial charge in [-0.15, -0.1) is 0 Å². The lowest BCUT2D eigenvalue weighted by atomic mass is 10.1. The molecule has 0 spiro atoms. The normalized spacial score (nSPS) is 11.2. The fourth-order valence-corrected chi connectivity index (χ4v) is 2.04. The summed E-state index contributed by atoms with van der Waals surface area (Å²) in [6.07, 6.45) is 0.810. The lowest BCUT2D eigenvalue weighted by Crippen LogP contribution is -2.16. The molecule has 6 nitrogen and oxygen atoms in total.